The Bertz CT molecular complexity index is 552. The van der Waals surface area contributed by atoms with Crippen LogP contribution in [0.2, 0.25) is 0 Å². The minimum atomic E-state index is -0.511. The summed E-state index contributed by atoms with van der Waals surface area (Å²) in [6, 6.07) is 12.1. The molecule has 1 N–H and O–H groups in total. The van der Waals surface area contributed by atoms with Gasteiger partial charge in [0.05, 0.1) is 6.10 Å². The van der Waals surface area contributed by atoms with Crippen molar-refractivity contribution in [2.75, 3.05) is 11.9 Å². The Labute approximate surface area is 114 Å². The van der Waals surface area contributed by atoms with E-state index >= 15 is 0 Å². The molecule has 100 valence electrons. The molecule has 0 saturated heterocycles. The van der Waals surface area contributed by atoms with Crippen LogP contribution in [0.25, 0.3) is 0 Å². The summed E-state index contributed by atoms with van der Waals surface area (Å²) < 4.78 is 0. The van der Waals surface area contributed by atoms with Crippen LogP contribution >= 0.6 is 0 Å². The fourth-order valence-electron chi connectivity index (χ4n) is 2.17. The second kappa shape index (κ2) is 5.85. The van der Waals surface area contributed by atoms with Crippen LogP contribution in [0, 0.1) is 6.92 Å². The molecule has 0 amide bonds. The van der Waals surface area contributed by atoms with E-state index in [4.69, 9.17) is 0 Å². The number of hydrogen-bond donors (Lipinski definition) is 1. The lowest BCUT2D eigenvalue weighted by molar-refractivity contribution is 0.199. The maximum Gasteiger partial charge on any atom is 0.134 e. The van der Waals surface area contributed by atoms with Crippen molar-refractivity contribution >= 4 is 5.82 Å². The first-order valence-electron chi connectivity index (χ1n) is 6.48. The van der Waals surface area contributed by atoms with E-state index in [0.717, 1.165) is 17.9 Å². The van der Waals surface area contributed by atoms with Crippen LogP contribution in [0.5, 0.6) is 0 Å². The van der Waals surface area contributed by atoms with Gasteiger partial charge in [-0.25, -0.2) is 4.98 Å². The summed E-state index contributed by atoms with van der Waals surface area (Å²) >= 11 is 0. The molecule has 2 aromatic rings. The summed E-state index contributed by atoms with van der Waals surface area (Å²) in [6.07, 6.45) is 1.25. The SMILES string of the molecule is Cc1ccccc1CN(C)c1ncccc1[C@@H](C)O. The Hall–Kier alpha value is -1.87. The zero-order valence-electron chi connectivity index (χ0n) is 11.7. The van der Waals surface area contributed by atoms with Gasteiger partial charge in [0.25, 0.3) is 0 Å². The van der Waals surface area contributed by atoms with Gasteiger partial charge >= 0.3 is 0 Å². The molecule has 1 atom stereocenters. The number of hydrogen-bond acceptors (Lipinski definition) is 3. The maximum atomic E-state index is 9.81. The molecule has 2 rings (SSSR count). The highest BCUT2D eigenvalue weighted by atomic mass is 16.3. The molecule has 0 aliphatic carbocycles. The van der Waals surface area contributed by atoms with Gasteiger partial charge in [0.2, 0.25) is 0 Å². The summed E-state index contributed by atoms with van der Waals surface area (Å²) in [6.45, 7) is 4.66. The van der Waals surface area contributed by atoms with E-state index in [1.807, 2.05) is 31.3 Å². The first-order valence-corrected chi connectivity index (χ1v) is 6.48. The lowest BCUT2D eigenvalue weighted by atomic mass is 10.1. The molecule has 0 unspecified atom stereocenters. The predicted octanol–water partition coefficient (Wildman–Crippen LogP) is 3.08. The van der Waals surface area contributed by atoms with E-state index in [9.17, 15) is 5.11 Å². The molecule has 1 aromatic heterocycles. The topological polar surface area (TPSA) is 36.4 Å². The Balaban J connectivity index is 2.26. The summed E-state index contributed by atoms with van der Waals surface area (Å²) in [5.41, 5.74) is 3.40. The van der Waals surface area contributed by atoms with Gasteiger partial charge in [0, 0.05) is 25.4 Å². The zero-order chi connectivity index (χ0) is 13.8. The number of aliphatic hydroxyl groups excluding tert-OH is 1. The predicted molar refractivity (Wildman–Crippen MR) is 78.2 cm³/mol. The van der Waals surface area contributed by atoms with Crippen LogP contribution in [0.4, 0.5) is 5.82 Å². The number of rotatable bonds is 4. The summed E-state index contributed by atoms with van der Waals surface area (Å²) in [7, 11) is 2.00. The first-order chi connectivity index (χ1) is 9.09. The molecule has 1 heterocycles. The van der Waals surface area contributed by atoms with Gasteiger partial charge in [-0.2, -0.15) is 0 Å². The van der Waals surface area contributed by atoms with Gasteiger partial charge in [-0.3, -0.25) is 0 Å². The van der Waals surface area contributed by atoms with Crippen molar-refractivity contribution in [2.45, 2.75) is 26.5 Å². The number of aliphatic hydroxyl groups is 1. The number of benzene rings is 1. The maximum absolute atomic E-state index is 9.81. The highest BCUT2D eigenvalue weighted by Crippen LogP contribution is 2.24. The van der Waals surface area contributed by atoms with Crippen molar-refractivity contribution in [1.82, 2.24) is 4.98 Å². The molecular formula is C16H20N2O. The highest BCUT2D eigenvalue weighted by molar-refractivity contribution is 5.48. The zero-order valence-corrected chi connectivity index (χ0v) is 11.7. The second-order valence-electron chi connectivity index (χ2n) is 4.87. The van der Waals surface area contributed by atoms with E-state index in [-0.39, 0.29) is 0 Å². The Kier molecular flexibility index (Phi) is 4.17. The van der Waals surface area contributed by atoms with Crippen molar-refractivity contribution in [3.05, 3.63) is 59.3 Å². The molecule has 19 heavy (non-hydrogen) atoms. The third-order valence-electron chi connectivity index (χ3n) is 3.30. The fraction of sp³-hybridized carbons (Fsp3) is 0.312. The van der Waals surface area contributed by atoms with Gasteiger partial charge in [0.1, 0.15) is 5.82 Å². The van der Waals surface area contributed by atoms with Crippen molar-refractivity contribution in [2.24, 2.45) is 0 Å². The van der Waals surface area contributed by atoms with Crippen LogP contribution in [0.15, 0.2) is 42.6 Å². The first kappa shape index (κ1) is 13.6. The largest absolute Gasteiger partial charge is 0.389 e. The highest BCUT2D eigenvalue weighted by Gasteiger charge is 2.13. The number of pyridine rings is 1. The van der Waals surface area contributed by atoms with E-state index in [1.165, 1.54) is 11.1 Å². The van der Waals surface area contributed by atoms with Crippen molar-refractivity contribution in [1.29, 1.82) is 0 Å². The second-order valence-corrected chi connectivity index (χ2v) is 4.87. The molecule has 0 fully saturated rings. The van der Waals surface area contributed by atoms with Crippen molar-refractivity contribution in [3.8, 4) is 0 Å². The molecule has 0 saturated carbocycles. The Morgan fingerprint density at radius 3 is 2.63 bits per heavy atom. The number of aryl methyl sites for hydroxylation is 1. The van der Waals surface area contributed by atoms with Gasteiger partial charge in [0.15, 0.2) is 0 Å². The summed E-state index contributed by atoms with van der Waals surface area (Å²) in [5, 5.41) is 9.81. The lowest BCUT2D eigenvalue weighted by Crippen LogP contribution is -2.20. The van der Waals surface area contributed by atoms with E-state index in [0.29, 0.717) is 0 Å². The molecule has 0 aliphatic rings. The third kappa shape index (κ3) is 3.12. The summed E-state index contributed by atoms with van der Waals surface area (Å²) in [5.74, 6) is 0.834. The van der Waals surface area contributed by atoms with Gasteiger partial charge in [-0.1, -0.05) is 30.3 Å². The molecule has 0 radical (unpaired) electrons. The number of anilines is 1. The van der Waals surface area contributed by atoms with E-state index in [2.05, 4.69) is 28.9 Å². The standard InChI is InChI=1S/C16H20N2O/c1-12-7-4-5-8-14(12)11-18(3)16-15(13(2)19)9-6-10-17-16/h4-10,13,19H,11H2,1-3H3/t13-/m1/s1. The van der Waals surface area contributed by atoms with Crippen LogP contribution in [0.3, 0.4) is 0 Å². The monoisotopic (exact) mass is 256 g/mol. The molecule has 3 heteroatoms. The van der Waals surface area contributed by atoms with Crippen molar-refractivity contribution < 1.29 is 5.11 Å². The van der Waals surface area contributed by atoms with Crippen LogP contribution in [-0.4, -0.2) is 17.1 Å². The minimum absolute atomic E-state index is 0.511. The average molecular weight is 256 g/mol. The normalized spacial score (nSPS) is 12.2. The molecule has 0 spiro atoms. The van der Waals surface area contributed by atoms with Crippen LogP contribution in [-0.2, 0) is 6.54 Å². The van der Waals surface area contributed by atoms with Crippen LogP contribution < -0.4 is 4.90 Å². The smallest absolute Gasteiger partial charge is 0.134 e. The quantitative estimate of drug-likeness (QED) is 0.913. The summed E-state index contributed by atoms with van der Waals surface area (Å²) in [4.78, 5) is 6.47. The Morgan fingerprint density at radius 1 is 1.21 bits per heavy atom. The number of nitrogens with zero attached hydrogens (tertiary/aromatic N) is 2. The molecule has 1 aromatic carbocycles. The fourth-order valence-corrected chi connectivity index (χ4v) is 2.17. The van der Waals surface area contributed by atoms with E-state index < -0.39 is 6.10 Å². The molecule has 0 bridgehead atoms. The third-order valence-corrected chi connectivity index (χ3v) is 3.30. The number of aromatic nitrogens is 1. The minimum Gasteiger partial charge on any atom is -0.389 e. The lowest BCUT2D eigenvalue weighted by Gasteiger charge is -2.23. The van der Waals surface area contributed by atoms with E-state index in [1.54, 1.807) is 13.1 Å². The molecular weight excluding hydrogens is 236 g/mol. The Morgan fingerprint density at radius 2 is 1.95 bits per heavy atom. The van der Waals surface area contributed by atoms with Gasteiger partial charge < -0.3 is 10.0 Å². The van der Waals surface area contributed by atoms with Gasteiger partial charge in [-0.05, 0) is 31.0 Å². The van der Waals surface area contributed by atoms with Gasteiger partial charge in [-0.15, -0.1) is 0 Å². The average Bonchev–Trinajstić information content (AvgIpc) is 2.41. The van der Waals surface area contributed by atoms with Crippen LogP contribution in [0.1, 0.15) is 29.7 Å². The molecule has 3 nitrogen and oxygen atoms in total. The van der Waals surface area contributed by atoms with Crippen molar-refractivity contribution in [3.63, 3.8) is 0 Å². The molecule has 0 aliphatic heterocycles.